The lowest BCUT2D eigenvalue weighted by atomic mass is 9.90. The molecule has 0 amide bonds. The predicted octanol–water partition coefficient (Wildman–Crippen LogP) is 2.30. The zero-order chi connectivity index (χ0) is 10.5. The smallest absolute Gasteiger partial charge is 0.0713 e. The van der Waals surface area contributed by atoms with E-state index in [-0.39, 0.29) is 0 Å². The average molecular weight is 205 g/mol. The van der Waals surface area contributed by atoms with E-state index in [0.717, 1.165) is 19.0 Å². The van der Waals surface area contributed by atoms with E-state index in [0.29, 0.717) is 6.61 Å². The van der Waals surface area contributed by atoms with Crippen LogP contribution in [-0.4, -0.2) is 20.2 Å². The predicted molar refractivity (Wildman–Crippen MR) is 62.0 cm³/mol. The molecule has 0 unspecified atom stereocenters. The van der Waals surface area contributed by atoms with E-state index in [1.807, 2.05) is 0 Å². The summed E-state index contributed by atoms with van der Waals surface area (Å²) in [6.45, 7) is 3.03. The van der Waals surface area contributed by atoms with Crippen molar-refractivity contribution in [2.75, 3.05) is 20.2 Å². The highest BCUT2D eigenvalue weighted by Gasteiger charge is 2.14. The van der Waals surface area contributed by atoms with Crippen molar-refractivity contribution in [3.8, 4) is 0 Å². The number of piperidine rings is 1. The third-order valence-corrected chi connectivity index (χ3v) is 3.10. The molecular weight excluding hydrogens is 186 g/mol. The molecule has 1 aliphatic heterocycles. The van der Waals surface area contributed by atoms with Crippen molar-refractivity contribution < 1.29 is 4.74 Å². The van der Waals surface area contributed by atoms with Gasteiger partial charge in [-0.2, -0.15) is 0 Å². The molecule has 1 N–H and O–H groups in total. The minimum atomic E-state index is 0.715. The molecule has 82 valence electrons. The maximum Gasteiger partial charge on any atom is 0.0713 e. The van der Waals surface area contributed by atoms with Crippen molar-refractivity contribution in [2.45, 2.75) is 25.4 Å². The molecule has 1 heterocycles. The summed E-state index contributed by atoms with van der Waals surface area (Å²) in [7, 11) is 1.74. The van der Waals surface area contributed by atoms with Crippen molar-refractivity contribution in [3.05, 3.63) is 35.4 Å². The SMILES string of the molecule is COCc1ccc(C2CCNCC2)cc1. The average Bonchev–Trinajstić information content (AvgIpc) is 2.32. The largest absolute Gasteiger partial charge is 0.380 e. The second-order valence-electron chi connectivity index (χ2n) is 4.20. The summed E-state index contributed by atoms with van der Waals surface area (Å²) >= 11 is 0. The van der Waals surface area contributed by atoms with Crippen LogP contribution in [-0.2, 0) is 11.3 Å². The van der Waals surface area contributed by atoms with Gasteiger partial charge in [0.1, 0.15) is 0 Å². The van der Waals surface area contributed by atoms with Crippen LogP contribution >= 0.6 is 0 Å². The maximum atomic E-state index is 5.10. The van der Waals surface area contributed by atoms with Gasteiger partial charge >= 0.3 is 0 Å². The summed E-state index contributed by atoms with van der Waals surface area (Å²) in [5.41, 5.74) is 2.74. The Balaban J connectivity index is 2.02. The van der Waals surface area contributed by atoms with Crippen LogP contribution in [0.3, 0.4) is 0 Å². The van der Waals surface area contributed by atoms with Crippen LogP contribution in [0.15, 0.2) is 24.3 Å². The molecule has 1 saturated heterocycles. The molecule has 1 fully saturated rings. The van der Waals surface area contributed by atoms with E-state index in [2.05, 4.69) is 29.6 Å². The molecule has 0 saturated carbocycles. The van der Waals surface area contributed by atoms with Gasteiger partial charge in [0, 0.05) is 7.11 Å². The normalized spacial score (nSPS) is 17.9. The van der Waals surface area contributed by atoms with E-state index < -0.39 is 0 Å². The van der Waals surface area contributed by atoms with E-state index in [1.165, 1.54) is 24.0 Å². The molecule has 15 heavy (non-hydrogen) atoms. The Hall–Kier alpha value is -0.860. The topological polar surface area (TPSA) is 21.3 Å². The molecule has 2 heteroatoms. The Bertz CT molecular complexity index is 288. The molecule has 2 nitrogen and oxygen atoms in total. The first-order valence-electron chi connectivity index (χ1n) is 5.68. The fourth-order valence-electron chi connectivity index (χ4n) is 2.21. The highest BCUT2D eigenvalue weighted by atomic mass is 16.5. The van der Waals surface area contributed by atoms with Crippen LogP contribution < -0.4 is 5.32 Å². The molecule has 0 bridgehead atoms. The second kappa shape index (κ2) is 5.29. The van der Waals surface area contributed by atoms with Crippen molar-refractivity contribution in [1.29, 1.82) is 0 Å². The van der Waals surface area contributed by atoms with Gasteiger partial charge in [-0.05, 0) is 43.0 Å². The molecule has 1 aliphatic rings. The molecule has 2 rings (SSSR count). The zero-order valence-electron chi connectivity index (χ0n) is 9.33. The lowest BCUT2D eigenvalue weighted by Crippen LogP contribution is -2.26. The number of hydrogen-bond donors (Lipinski definition) is 1. The molecule has 0 spiro atoms. The molecule has 1 aromatic rings. The van der Waals surface area contributed by atoms with Gasteiger partial charge in [-0.25, -0.2) is 0 Å². The van der Waals surface area contributed by atoms with Gasteiger partial charge in [0.25, 0.3) is 0 Å². The van der Waals surface area contributed by atoms with Gasteiger partial charge in [-0.3, -0.25) is 0 Å². The Labute approximate surface area is 91.6 Å². The van der Waals surface area contributed by atoms with Crippen molar-refractivity contribution in [2.24, 2.45) is 0 Å². The Morgan fingerprint density at radius 3 is 2.47 bits per heavy atom. The summed E-state index contributed by atoms with van der Waals surface area (Å²) in [6.07, 6.45) is 2.53. The zero-order valence-corrected chi connectivity index (χ0v) is 9.33. The lowest BCUT2D eigenvalue weighted by Gasteiger charge is -2.23. The van der Waals surface area contributed by atoms with Gasteiger partial charge in [-0.15, -0.1) is 0 Å². The van der Waals surface area contributed by atoms with Gasteiger partial charge in [-0.1, -0.05) is 24.3 Å². The quantitative estimate of drug-likeness (QED) is 0.817. The van der Waals surface area contributed by atoms with E-state index in [9.17, 15) is 0 Å². The third-order valence-electron chi connectivity index (χ3n) is 3.10. The van der Waals surface area contributed by atoms with Crippen molar-refractivity contribution in [1.82, 2.24) is 5.32 Å². The number of ether oxygens (including phenoxy) is 1. The van der Waals surface area contributed by atoms with Gasteiger partial charge in [0.05, 0.1) is 6.61 Å². The van der Waals surface area contributed by atoms with E-state index >= 15 is 0 Å². The number of benzene rings is 1. The fraction of sp³-hybridized carbons (Fsp3) is 0.538. The molecule has 0 atom stereocenters. The molecular formula is C13H19NO. The number of methoxy groups -OCH3 is 1. The van der Waals surface area contributed by atoms with Gasteiger partial charge in [0.2, 0.25) is 0 Å². The Morgan fingerprint density at radius 1 is 1.20 bits per heavy atom. The minimum absolute atomic E-state index is 0.715. The lowest BCUT2D eigenvalue weighted by molar-refractivity contribution is 0.185. The highest BCUT2D eigenvalue weighted by molar-refractivity contribution is 5.25. The molecule has 0 aliphatic carbocycles. The van der Waals surface area contributed by atoms with Crippen molar-refractivity contribution >= 4 is 0 Å². The van der Waals surface area contributed by atoms with Crippen LogP contribution in [0, 0.1) is 0 Å². The summed E-state index contributed by atoms with van der Waals surface area (Å²) in [5.74, 6) is 0.753. The number of hydrogen-bond acceptors (Lipinski definition) is 2. The summed E-state index contributed by atoms with van der Waals surface area (Å²) < 4.78 is 5.10. The van der Waals surface area contributed by atoms with Gasteiger partial charge in [0.15, 0.2) is 0 Å². The standard InChI is InChI=1S/C13H19NO/c1-15-10-11-2-4-12(5-3-11)13-6-8-14-9-7-13/h2-5,13-14H,6-10H2,1H3. The van der Waals surface area contributed by atoms with Crippen LogP contribution in [0.5, 0.6) is 0 Å². The molecule has 0 radical (unpaired) electrons. The first-order valence-corrected chi connectivity index (χ1v) is 5.68. The van der Waals surface area contributed by atoms with Crippen LogP contribution in [0.2, 0.25) is 0 Å². The molecule has 0 aromatic heterocycles. The highest BCUT2D eigenvalue weighted by Crippen LogP contribution is 2.25. The number of nitrogens with one attached hydrogen (secondary N) is 1. The third kappa shape index (κ3) is 2.80. The fourth-order valence-corrected chi connectivity index (χ4v) is 2.21. The van der Waals surface area contributed by atoms with Crippen molar-refractivity contribution in [3.63, 3.8) is 0 Å². The van der Waals surface area contributed by atoms with Crippen LogP contribution in [0.1, 0.15) is 29.9 Å². The first kappa shape index (κ1) is 10.7. The second-order valence-corrected chi connectivity index (χ2v) is 4.20. The first-order chi connectivity index (χ1) is 7.40. The van der Waals surface area contributed by atoms with Crippen LogP contribution in [0.25, 0.3) is 0 Å². The maximum absolute atomic E-state index is 5.10. The molecule has 1 aromatic carbocycles. The van der Waals surface area contributed by atoms with Gasteiger partial charge < -0.3 is 10.1 Å². The monoisotopic (exact) mass is 205 g/mol. The summed E-state index contributed by atoms with van der Waals surface area (Å²) in [4.78, 5) is 0. The summed E-state index contributed by atoms with van der Waals surface area (Å²) in [6, 6.07) is 8.87. The van der Waals surface area contributed by atoms with E-state index in [1.54, 1.807) is 7.11 Å². The van der Waals surface area contributed by atoms with E-state index in [4.69, 9.17) is 4.74 Å². The number of rotatable bonds is 3. The van der Waals surface area contributed by atoms with Crippen LogP contribution in [0.4, 0.5) is 0 Å². The Kier molecular flexibility index (Phi) is 3.75. The minimum Gasteiger partial charge on any atom is -0.380 e. The summed E-state index contributed by atoms with van der Waals surface area (Å²) in [5, 5.41) is 3.40. The Morgan fingerprint density at radius 2 is 1.87 bits per heavy atom.